The molecule has 0 aliphatic heterocycles. The van der Waals surface area contributed by atoms with Crippen molar-refractivity contribution in [1.29, 1.82) is 0 Å². The lowest BCUT2D eigenvalue weighted by Gasteiger charge is -2.05. The molecule has 0 fully saturated rings. The molecule has 2 nitrogen and oxygen atoms in total. The van der Waals surface area contributed by atoms with Crippen LogP contribution in [-0.2, 0) is 0 Å². The van der Waals surface area contributed by atoms with E-state index in [4.69, 9.17) is 4.74 Å². The lowest BCUT2D eigenvalue weighted by atomic mass is 10.2. The summed E-state index contributed by atoms with van der Waals surface area (Å²) in [6, 6.07) is 9.86. The van der Waals surface area contributed by atoms with Crippen molar-refractivity contribution < 1.29 is 4.74 Å². The Morgan fingerprint density at radius 2 is 2.14 bits per heavy atom. The van der Waals surface area contributed by atoms with Gasteiger partial charge in [-0.05, 0) is 28.9 Å². The van der Waals surface area contributed by atoms with E-state index in [1.807, 2.05) is 37.3 Å². The summed E-state index contributed by atoms with van der Waals surface area (Å²) in [6.07, 6.45) is 0. The van der Waals surface area contributed by atoms with E-state index >= 15 is 0 Å². The third-order valence-electron chi connectivity index (χ3n) is 1.93. The second-order valence-corrected chi connectivity index (χ2v) is 3.75. The molecule has 1 aromatic heterocycles. The number of nitrogens with zero attached hydrogens (tertiary/aromatic N) is 1. The molecule has 1 aromatic carbocycles. The van der Waals surface area contributed by atoms with Gasteiger partial charge in [-0.25, -0.2) is 4.98 Å². The molecule has 0 unspecified atom stereocenters. The molecule has 0 amide bonds. The summed E-state index contributed by atoms with van der Waals surface area (Å²) >= 11 is 3.50. The van der Waals surface area contributed by atoms with E-state index in [0.29, 0.717) is 12.5 Å². The zero-order valence-corrected chi connectivity index (χ0v) is 9.41. The Labute approximate surface area is 91.0 Å². The maximum atomic E-state index is 5.35. The SMILES string of the molecule is CCOc1cc(Br)c2ccccc2n1. The quantitative estimate of drug-likeness (QED) is 0.817. The third kappa shape index (κ3) is 1.73. The number of hydrogen-bond donors (Lipinski definition) is 0. The zero-order valence-electron chi connectivity index (χ0n) is 7.83. The van der Waals surface area contributed by atoms with E-state index in [2.05, 4.69) is 20.9 Å². The van der Waals surface area contributed by atoms with Gasteiger partial charge < -0.3 is 4.74 Å². The van der Waals surface area contributed by atoms with E-state index in [1.165, 1.54) is 0 Å². The van der Waals surface area contributed by atoms with Crippen molar-refractivity contribution in [1.82, 2.24) is 4.98 Å². The Morgan fingerprint density at radius 1 is 1.36 bits per heavy atom. The van der Waals surface area contributed by atoms with E-state index in [-0.39, 0.29) is 0 Å². The number of hydrogen-bond acceptors (Lipinski definition) is 2. The molecule has 14 heavy (non-hydrogen) atoms. The van der Waals surface area contributed by atoms with Crippen LogP contribution in [0.15, 0.2) is 34.8 Å². The van der Waals surface area contributed by atoms with Gasteiger partial charge in [0.15, 0.2) is 0 Å². The van der Waals surface area contributed by atoms with Gasteiger partial charge in [-0.3, -0.25) is 0 Å². The molecule has 0 saturated carbocycles. The van der Waals surface area contributed by atoms with Crippen LogP contribution in [0.1, 0.15) is 6.92 Å². The van der Waals surface area contributed by atoms with Gasteiger partial charge >= 0.3 is 0 Å². The topological polar surface area (TPSA) is 22.1 Å². The number of fused-ring (bicyclic) bond motifs is 1. The highest BCUT2D eigenvalue weighted by atomic mass is 79.9. The Balaban J connectivity index is 2.60. The normalized spacial score (nSPS) is 10.4. The molecule has 0 aliphatic carbocycles. The fourth-order valence-corrected chi connectivity index (χ4v) is 1.86. The fraction of sp³-hybridized carbons (Fsp3) is 0.182. The second kappa shape index (κ2) is 3.96. The van der Waals surface area contributed by atoms with Gasteiger partial charge in [-0.15, -0.1) is 0 Å². The lowest BCUT2D eigenvalue weighted by molar-refractivity contribution is 0.328. The van der Waals surface area contributed by atoms with E-state index in [1.54, 1.807) is 0 Å². The number of para-hydroxylation sites is 1. The summed E-state index contributed by atoms with van der Waals surface area (Å²) in [4.78, 5) is 4.37. The molecule has 72 valence electrons. The number of ether oxygens (including phenoxy) is 1. The molecule has 0 radical (unpaired) electrons. The summed E-state index contributed by atoms with van der Waals surface area (Å²) in [5.74, 6) is 0.665. The van der Waals surface area contributed by atoms with E-state index in [0.717, 1.165) is 15.4 Å². The van der Waals surface area contributed by atoms with Crippen LogP contribution in [0, 0.1) is 0 Å². The van der Waals surface area contributed by atoms with Crippen LogP contribution < -0.4 is 4.74 Å². The van der Waals surface area contributed by atoms with Crippen molar-refractivity contribution in [2.75, 3.05) is 6.61 Å². The van der Waals surface area contributed by atoms with Crippen LogP contribution in [0.4, 0.5) is 0 Å². The van der Waals surface area contributed by atoms with E-state index < -0.39 is 0 Å². The molecule has 3 heteroatoms. The van der Waals surface area contributed by atoms with Crippen molar-refractivity contribution in [3.63, 3.8) is 0 Å². The van der Waals surface area contributed by atoms with Crippen LogP contribution >= 0.6 is 15.9 Å². The standard InChI is InChI=1S/C11H10BrNO/c1-2-14-11-7-9(12)8-5-3-4-6-10(8)13-11/h3-7H,2H2,1H3. The van der Waals surface area contributed by atoms with Crippen molar-refractivity contribution in [2.45, 2.75) is 6.92 Å². The molecule has 0 spiro atoms. The van der Waals surface area contributed by atoms with Crippen LogP contribution in [0.5, 0.6) is 5.88 Å². The average molecular weight is 252 g/mol. The van der Waals surface area contributed by atoms with Crippen molar-refractivity contribution in [2.24, 2.45) is 0 Å². The third-order valence-corrected chi connectivity index (χ3v) is 2.59. The van der Waals surface area contributed by atoms with Crippen LogP contribution in [0.25, 0.3) is 10.9 Å². The molecule has 0 saturated heterocycles. The Kier molecular flexibility index (Phi) is 2.68. The van der Waals surface area contributed by atoms with Gasteiger partial charge in [0, 0.05) is 15.9 Å². The molecular formula is C11H10BrNO. The number of halogens is 1. The zero-order chi connectivity index (χ0) is 9.97. The maximum Gasteiger partial charge on any atom is 0.214 e. The van der Waals surface area contributed by atoms with Gasteiger partial charge in [-0.2, -0.15) is 0 Å². The van der Waals surface area contributed by atoms with Crippen LogP contribution in [0.2, 0.25) is 0 Å². The number of aromatic nitrogens is 1. The first-order valence-corrected chi connectivity index (χ1v) is 5.28. The molecule has 0 bridgehead atoms. The van der Waals surface area contributed by atoms with E-state index in [9.17, 15) is 0 Å². The average Bonchev–Trinajstić information content (AvgIpc) is 2.18. The molecule has 2 rings (SSSR count). The summed E-state index contributed by atoms with van der Waals surface area (Å²) in [5.41, 5.74) is 0.949. The largest absolute Gasteiger partial charge is 0.478 e. The molecule has 0 atom stereocenters. The molecular weight excluding hydrogens is 242 g/mol. The highest BCUT2D eigenvalue weighted by molar-refractivity contribution is 9.10. The van der Waals surface area contributed by atoms with Crippen molar-refractivity contribution >= 4 is 26.8 Å². The predicted octanol–water partition coefficient (Wildman–Crippen LogP) is 3.40. The smallest absolute Gasteiger partial charge is 0.214 e. The summed E-state index contributed by atoms with van der Waals surface area (Å²) in [6.45, 7) is 2.59. The van der Waals surface area contributed by atoms with Gasteiger partial charge in [0.25, 0.3) is 0 Å². The van der Waals surface area contributed by atoms with Gasteiger partial charge in [0.1, 0.15) is 0 Å². The Morgan fingerprint density at radius 3 is 2.93 bits per heavy atom. The maximum absolute atomic E-state index is 5.35. The monoisotopic (exact) mass is 251 g/mol. The van der Waals surface area contributed by atoms with Gasteiger partial charge in [-0.1, -0.05) is 18.2 Å². The summed E-state index contributed by atoms with van der Waals surface area (Å²) < 4.78 is 6.37. The second-order valence-electron chi connectivity index (χ2n) is 2.89. The first-order chi connectivity index (χ1) is 6.81. The summed E-state index contributed by atoms with van der Waals surface area (Å²) in [5, 5.41) is 1.11. The van der Waals surface area contributed by atoms with Gasteiger partial charge in [0.05, 0.1) is 12.1 Å². The van der Waals surface area contributed by atoms with Crippen LogP contribution in [-0.4, -0.2) is 11.6 Å². The highest BCUT2D eigenvalue weighted by Gasteiger charge is 2.02. The predicted molar refractivity (Wildman–Crippen MR) is 60.6 cm³/mol. The minimum atomic E-state index is 0.637. The number of rotatable bonds is 2. The first-order valence-electron chi connectivity index (χ1n) is 4.49. The van der Waals surface area contributed by atoms with Crippen molar-refractivity contribution in [3.05, 3.63) is 34.8 Å². The lowest BCUT2D eigenvalue weighted by Crippen LogP contribution is -1.94. The molecule has 0 aliphatic rings. The number of pyridine rings is 1. The van der Waals surface area contributed by atoms with Gasteiger partial charge in [0.2, 0.25) is 5.88 Å². The minimum Gasteiger partial charge on any atom is -0.478 e. The minimum absolute atomic E-state index is 0.637. The number of benzene rings is 1. The Bertz CT molecular complexity index is 456. The molecule has 0 N–H and O–H groups in total. The molecule has 2 aromatic rings. The Hall–Kier alpha value is -1.09. The highest BCUT2D eigenvalue weighted by Crippen LogP contribution is 2.26. The van der Waals surface area contributed by atoms with Crippen molar-refractivity contribution in [3.8, 4) is 5.88 Å². The molecule has 1 heterocycles. The summed E-state index contributed by atoms with van der Waals surface area (Å²) in [7, 11) is 0. The fourth-order valence-electron chi connectivity index (χ4n) is 1.33. The first kappa shape index (κ1) is 9.46. The van der Waals surface area contributed by atoms with Crippen LogP contribution in [0.3, 0.4) is 0 Å².